The van der Waals surface area contributed by atoms with Crippen molar-refractivity contribution in [1.29, 1.82) is 0 Å². The highest BCUT2D eigenvalue weighted by Crippen LogP contribution is 2.45. The smallest absolute Gasteiger partial charge is 0.320 e. The topological polar surface area (TPSA) is 39.7 Å². The molecule has 2 fully saturated rings. The minimum atomic E-state index is -0.247. The molecule has 6 heteroatoms. The number of rotatable bonds is 4. The maximum absolute atomic E-state index is 13.9. The minimum absolute atomic E-state index is 0.00386. The standard InChI is InChI=1S/C23H29FN4O/c1-16-6-4-9-20(25-16)10-11-27-13-18-14-28(23(29)26(2)3)22(21(18)15-27)17-7-5-8-19(24)12-17/h4-9,12,18,21-22H,10-11,13-15H2,1-3H3/t18-,21-,22-/m1/s1. The average Bonchev–Trinajstić information content (AvgIpc) is 3.23. The summed E-state index contributed by atoms with van der Waals surface area (Å²) in [4.78, 5) is 23.4. The Kier molecular flexibility index (Phi) is 5.54. The van der Waals surface area contributed by atoms with Crippen LogP contribution in [0.3, 0.4) is 0 Å². The van der Waals surface area contributed by atoms with Gasteiger partial charge >= 0.3 is 6.03 Å². The van der Waals surface area contributed by atoms with Crippen molar-refractivity contribution >= 4 is 6.03 Å². The molecule has 0 bridgehead atoms. The molecule has 154 valence electrons. The van der Waals surface area contributed by atoms with E-state index < -0.39 is 0 Å². The van der Waals surface area contributed by atoms with Crippen molar-refractivity contribution < 1.29 is 9.18 Å². The summed E-state index contributed by atoms with van der Waals surface area (Å²) in [5.74, 6) is 0.493. The highest BCUT2D eigenvalue weighted by molar-refractivity contribution is 5.75. The summed E-state index contributed by atoms with van der Waals surface area (Å²) in [7, 11) is 3.56. The zero-order valence-electron chi connectivity index (χ0n) is 17.4. The number of hydrogen-bond acceptors (Lipinski definition) is 3. The summed E-state index contributed by atoms with van der Waals surface area (Å²) in [6.07, 6.45) is 0.923. The van der Waals surface area contributed by atoms with Gasteiger partial charge in [0.15, 0.2) is 0 Å². The molecule has 2 aromatic rings. The zero-order valence-corrected chi connectivity index (χ0v) is 17.4. The number of fused-ring (bicyclic) bond motifs is 1. The molecular formula is C23H29FN4O. The molecule has 29 heavy (non-hydrogen) atoms. The van der Waals surface area contributed by atoms with Gasteiger partial charge in [0.2, 0.25) is 0 Å². The highest BCUT2D eigenvalue weighted by atomic mass is 19.1. The Bertz CT molecular complexity index is 887. The number of likely N-dealkylation sites (tertiary alicyclic amines) is 2. The molecule has 0 spiro atoms. The fourth-order valence-corrected chi connectivity index (χ4v) is 4.90. The largest absolute Gasteiger partial charge is 0.331 e. The first-order valence-electron chi connectivity index (χ1n) is 10.3. The first-order chi connectivity index (χ1) is 13.9. The van der Waals surface area contributed by atoms with Gasteiger partial charge in [-0.2, -0.15) is 0 Å². The lowest BCUT2D eigenvalue weighted by molar-refractivity contribution is 0.152. The Morgan fingerprint density at radius 1 is 1.17 bits per heavy atom. The van der Waals surface area contributed by atoms with E-state index in [9.17, 15) is 9.18 Å². The van der Waals surface area contributed by atoms with Gasteiger partial charge in [0.05, 0.1) is 6.04 Å². The van der Waals surface area contributed by atoms with E-state index in [0.29, 0.717) is 11.8 Å². The lowest BCUT2D eigenvalue weighted by Crippen LogP contribution is -2.41. The number of carbonyl (C=O) groups excluding carboxylic acids is 1. The zero-order chi connectivity index (χ0) is 20.5. The van der Waals surface area contributed by atoms with Crippen molar-refractivity contribution in [2.45, 2.75) is 19.4 Å². The molecule has 5 nitrogen and oxygen atoms in total. The average molecular weight is 397 g/mol. The first-order valence-corrected chi connectivity index (χ1v) is 10.3. The van der Waals surface area contributed by atoms with Crippen LogP contribution >= 0.6 is 0 Å². The van der Waals surface area contributed by atoms with Crippen LogP contribution in [0.5, 0.6) is 0 Å². The molecule has 2 saturated heterocycles. The van der Waals surface area contributed by atoms with Crippen LogP contribution < -0.4 is 0 Å². The van der Waals surface area contributed by atoms with Gasteiger partial charge in [0.1, 0.15) is 5.82 Å². The van der Waals surface area contributed by atoms with E-state index in [0.717, 1.165) is 49.6 Å². The maximum Gasteiger partial charge on any atom is 0.320 e. The molecule has 4 rings (SSSR count). The van der Waals surface area contributed by atoms with Crippen molar-refractivity contribution in [3.05, 3.63) is 65.2 Å². The lowest BCUT2D eigenvalue weighted by atomic mass is 9.89. The van der Waals surface area contributed by atoms with E-state index in [-0.39, 0.29) is 17.9 Å². The summed E-state index contributed by atoms with van der Waals surface area (Å²) in [5.41, 5.74) is 3.06. The van der Waals surface area contributed by atoms with Gasteiger partial charge in [-0.05, 0) is 42.7 Å². The Balaban J connectivity index is 1.50. The SMILES string of the molecule is Cc1cccc(CCN2C[C@@H]3CN(C(=O)N(C)C)[C@H](c4cccc(F)c4)[C@@H]3C2)n1. The molecule has 0 saturated carbocycles. The number of aromatic nitrogens is 1. The van der Waals surface area contributed by atoms with Crippen molar-refractivity contribution in [1.82, 2.24) is 19.7 Å². The predicted molar refractivity (Wildman–Crippen MR) is 111 cm³/mol. The minimum Gasteiger partial charge on any atom is -0.331 e. The second-order valence-electron chi connectivity index (χ2n) is 8.53. The molecule has 0 radical (unpaired) electrons. The third kappa shape index (κ3) is 4.13. The molecular weight excluding hydrogens is 367 g/mol. The van der Waals surface area contributed by atoms with Gasteiger partial charge in [0, 0.05) is 64.0 Å². The number of aryl methyl sites for hydroxylation is 1. The van der Waals surface area contributed by atoms with E-state index in [1.54, 1.807) is 31.1 Å². The third-order valence-electron chi connectivity index (χ3n) is 6.19. The van der Waals surface area contributed by atoms with Crippen LogP contribution in [0.4, 0.5) is 9.18 Å². The Labute approximate surface area is 172 Å². The van der Waals surface area contributed by atoms with Gasteiger partial charge < -0.3 is 14.7 Å². The predicted octanol–water partition coefficient (Wildman–Crippen LogP) is 3.36. The molecule has 0 unspecified atom stereocenters. The maximum atomic E-state index is 13.9. The van der Waals surface area contributed by atoms with Gasteiger partial charge in [-0.25, -0.2) is 9.18 Å². The summed E-state index contributed by atoms with van der Waals surface area (Å²) >= 11 is 0. The number of carbonyl (C=O) groups is 1. The molecule has 3 atom stereocenters. The van der Waals surface area contributed by atoms with Crippen LogP contribution in [-0.4, -0.2) is 66.0 Å². The fourth-order valence-electron chi connectivity index (χ4n) is 4.90. The van der Waals surface area contributed by atoms with Crippen LogP contribution in [0.2, 0.25) is 0 Å². The number of amides is 2. The molecule has 0 N–H and O–H groups in total. The monoisotopic (exact) mass is 396 g/mol. The summed E-state index contributed by atoms with van der Waals surface area (Å²) < 4.78 is 13.9. The van der Waals surface area contributed by atoms with Crippen molar-refractivity contribution in [3.63, 3.8) is 0 Å². The summed E-state index contributed by atoms with van der Waals surface area (Å²) in [5, 5.41) is 0. The molecule has 1 aromatic heterocycles. The molecule has 3 heterocycles. The normalized spacial score (nSPS) is 24.0. The van der Waals surface area contributed by atoms with Crippen molar-refractivity contribution in [3.8, 4) is 0 Å². The van der Waals surface area contributed by atoms with E-state index >= 15 is 0 Å². The number of nitrogens with zero attached hydrogens (tertiary/aromatic N) is 4. The van der Waals surface area contributed by atoms with Gasteiger partial charge in [-0.15, -0.1) is 0 Å². The number of urea groups is 1. The van der Waals surface area contributed by atoms with Gasteiger partial charge in [0.25, 0.3) is 0 Å². The first kappa shape index (κ1) is 19.8. The van der Waals surface area contributed by atoms with Crippen molar-refractivity contribution in [2.75, 3.05) is 40.3 Å². The number of hydrogen-bond donors (Lipinski definition) is 0. The highest BCUT2D eigenvalue weighted by Gasteiger charge is 2.49. The summed E-state index contributed by atoms with van der Waals surface area (Å²) in [6.45, 7) is 5.60. The number of benzene rings is 1. The van der Waals surface area contributed by atoms with E-state index in [2.05, 4.69) is 22.0 Å². The Morgan fingerprint density at radius 2 is 1.97 bits per heavy atom. The molecule has 2 amide bonds. The number of pyridine rings is 1. The van der Waals surface area contributed by atoms with E-state index in [1.165, 1.54) is 6.07 Å². The van der Waals surface area contributed by atoms with Crippen LogP contribution in [0.25, 0.3) is 0 Å². The Hall–Kier alpha value is -2.47. The molecule has 0 aliphatic carbocycles. The number of halogens is 1. The molecule has 2 aliphatic heterocycles. The molecule has 1 aromatic carbocycles. The van der Waals surface area contributed by atoms with Crippen LogP contribution in [0.1, 0.15) is 23.0 Å². The fraction of sp³-hybridized carbons (Fsp3) is 0.478. The van der Waals surface area contributed by atoms with E-state index in [1.807, 2.05) is 24.0 Å². The van der Waals surface area contributed by atoms with Gasteiger partial charge in [-0.1, -0.05) is 18.2 Å². The van der Waals surface area contributed by atoms with Gasteiger partial charge in [-0.3, -0.25) is 4.98 Å². The summed E-state index contributed by atoms with van der Waals surface area (Å²) in [6, 6.07) is 12.8. The van der Waals surface area contributed by atoms with Crippen LogP contribution in [-0.2, 0) is 6.42 Å². The second-order valence-corrected chi connectivity index (χ2v) is 8.53. The quantitative estimate of drug-likeness (QED) is 0.796. The lowest BCUT2D eigenvalue weighted by Gasteiger charge is -2.32. The van der Waals surface area contributed by atoms with Crippen LogP contribution in [0, 0.1) is 24.6 Å². The molecule has 2 aliphatic rings. The van der Waals surface area contributed by atoms with Crippen LogP contribution in [0.15, 0.2) is 42.5 Å². The Morgan fingerprint density at radius 3 is 2.69 bits per heavy atom. The van der Waals surface area contributed by atoms with E-state index in [4.69, 9.17) is 0 Å². The van der Waals surface area contributed by atoms with Crippen molar-refractivity contribution in [2.24, 2.45) is 11.8 Å². The second kappa shape index (κ2) is 8.11. The third-order valence-corrected chi connectivity index (χ3v) is 6.19.